The van der Waals surface area contributed by atoms with Gasteiger partial charge in [-0.1, -0.05) is 29.8 Å². The first-order valence-corrected chi connectivity index (χ1v) is 9.15. The van der Waals surface area contributed by atoms with E-state index in [1.807, 2.05) is 48.0 Å². The summed E-state index contributed by atoms with van der Waals surface area (Å²) in [5, 5.41) is 12.2. The number of piperidine rings is 1. The number of benzene rings is 1. The number of nitrogens with zero attached hydrogens (tertiary/aromatic N) is 3. The maximum absolute atomic E-state index is 6.38. The summed E-state index contributed by atoms with van der Waals surface area (Å²) in [6.07, 6.45) is 4.35. The van der Waals surface area contributed by atoms with Gasteiger partial charge in [-0.05, 0) is 44.8 Å². The van der Waals surface area contributed by atoms with Crippen molar-refractivity contribution < 1.29 is 0 Å². The zero-order chi connectivity index (χ0) is 17.2. The highest BCUT2D eigenvalue weighted by Gasteiger charge is 2.16. The van der Waals surface area contributed by atoms with Gasteiger partial charge in [0.2, 0.25) is 0 Å². The molecule has 1 fully saturated rings. The first-order chi connectivity index (χ1) is 12.2. The zero-order valence-electron chi connectivity index (χ0n) is 14.3. The molecule has 0 aliphatic carbocycles. The lowest BCUT2D eigenvalue weighted by Crippen LogP contribution is -2.33. The summed E-state index contributed by atoms with van der Waals surface area (Å²) in [6.45, 7) is 5.15. The molecule has 1 aromatic carbocycles. The van der Waals surface area contributed by atoms with Gasteiger partial charge < -0.3 is 10.6 Å². The molecule has 3 heterocycles. The van der Waals surface area contributed by atoms with Crippen LogP contribution in [-0.4, -0.2) is 34.2 Å². The van der Waals surface area contributed by atoms with Crippen LogP contribution in [0.2, 0.25) is 5.02 Å². The Labute approximate surface area is 152 Å². The molecule has 1 saturated heterocycles. The zero-order valence-corrected chi connectivity index (χ0v) is 15.1. The molecule has 25 heavy (non-hydrogen) atoms. The van der Waals surface area contributed by atoms with Gasteiger partial charge in [0, 0.05) is 28.8 Å². The van der Waals surface area contributed by atoms with Crippen LogP contribution in [-0.2, 0) is 0 Å². The predicted octanol–water partition coefficient (Wildman–Crippen LogP) is 3.77. The summed E-state index contributed by atoms with van der Waals surface area (Å²) in [5.74, 6) is 1.59. The third kappa shape index (κ3) is 3.34. The molecule has 1 aliphatic rings. The monoisotopic (exact) mass is 355 g/mol. The van der Waals surface area contributed by atoms with Crippen LogP contribution in [0.25, 0.3) is 16.9 Å². The maximum Gasteiger partial charge on any atom is 0.160 e. The van der Waals surface area contributed by atoms with Crippen molar-refractivity contribution in [2.24, 2.45) is 5.92 Å². The number of rotatable bonds is 4. The summed E-state index contributed by atoms with van der Waals surface area (Å²) in [6, 6.07) is 9.85. The minimum atomic E-state index is 0.636. The van der Waals surface area contributed by atoms with E-state index in [2.05, 4.69) is 15.7 Å². The van der Waals surface area contributed by atoms with Gasteiger partial charge in [-0.2, -0.15) is 9.61 Å². The average Bonchev–Trinajstić information content (AvgIpc) is 3.02. The Balaban J connectivity index is 1.70. The summed E-state index contributed by atoms with van der Waals surface area (Å²) in [7, 11) is 0. The van der Waals surface area contributed by atoms with Gasteiger partial charge in [0.1, 0.15) is 5.82 Å². The topological polar surface area (TPSA) is 54.2 Å². The van der Waals surface area contributed by atoms with E-state index < -0.39 is 0 Å². The van der Waals surface area contributed by atoms with E-state index >= 15 is 0 Å². The van der Waals surface area contributed by atoms with Gasteiger partial charge >= 0.3 is 0 Å². The second-order valence-corrected chi connectivity index (χ2v) is 7.07. The first kappa shape index (κ1) is 16.4. The Hall–Kier alpha value is -2.11. The maximum atomic E-state index is 6.38. The molecule has 3 aromatic rings. The molecule has 0 spiro atoms. The van der Waals surface area contributed by atoms with Gasteiger partial charge in [0.05, 0.1) is 11.9 Å². The standard InChI is InChI=1S/C19H22ClN5/c1-13-10-23-25-18(22-12-14-5-4-8-21-11-14)9-17(24-19(13)25)15-6-2-3-7-16(15)20/h2-3,6-7,9-10,14,21-22H,4-5,8,11-12H2,1H3. The molecule has 0 radical (unpaired) electrons. The molecule has 1 aliphatic heterocycles. The third-order valence-corrected chi connectivity index (χ3v) is 5.10. The lowest BCUT2D eigenvalue weighted by atomic mass is 10.00. The fraction of sp³-hybridized carbons (Fsp3) is 0.368. The second kappa shape index (κ2) is 7.02. The highest BCUT2D eigenvalue weighted by molar-refractivity contribution is 6.33. The van der Waals surface area contributed by atoms with Crippen molar-refractivity contribution in [1.82, 2.24) is 19.9 Å². The molecule has 1 atom stereocenters. The van der Waals surface area contributed by atoms with Crippen LogP contribution < -0.4 is 10.6 Å². The SMILES string of the molecule is Cc1cnn2c(NCC3CCCNC3)cc(-c3ccccc3Cl)nc12. The summed E-state index contributed by atoms with van der Waals surface area (Å²) >= 11 is 6.38. The lowest BCUT2D eigenvalue weighted by Gasteiger charge is -2.23. The van der Waals surface area contributed by atoms with E-state index in [-0.39, 0.29) is 0 Å². The van der Waals surface area contributed by atoms with Crippen LogP contribution in [0, 0.1) is 12.8 Å². The molecule has 4 rings (SSSR count). The molecule has 6 heteroatoms. The second-order valence-electron chi connectivity index (χ2n) is 6.66. The van der Waals surface area contributed by atoms with Gasteiger partial charge in [-0.25, -0.2) is 4.98 Å². The number of fused-ring (bicyclic) bond motifs is 1. The van der Waals surface area contributed by atoms with Crippen LogP contribution in [0.1, 0.15) is 18.4 Å². The molecular weight excluding hydrogens is 334 g/mol. The smallest absolute Gasteiger partial charge is 0.160 e. The van der Waals surface area contributed by atoms with E-state index in [4.69, 9.17) is 16.6 Å². The van der Waals surface area contributed by atoms with Crippen molar-refractivity contribution >= 4 is 23.1 Å². The molecule has 2 N–H and O–H groups in total. The molecule has 5 nitrogen and oxygen atoms in total. The van der Waals surface area contributed by atoms with Gasteiger partial charge in [-0.3, -0.25) is 0 Å². The number of hydrogen-bond acceptors (Lipinski definition) is 4. The summed E-state index contributed by atoms with van der Waals surface area (Å²) < 4.78 is 1.88. The fourth-order valence-electron chi connectivity index (χ4n) is 3.35. The predicted molar refractivity (Wildman–Crippen MR) is 102 cm³/mol. The number of hydrogen-bond donors (Lipinski definition) is 2. The fourth-order valence-corrected chi connectivity index (χ4v) is 3.59. The Morgan fingerprint density at radius 1 is 1.36 bits per heavy atom. The Bertz CT molecular complexity index is 883. The quantitative estimate of drug-likeness (QED) is 0.748. The molecule has 130 valence electrons. The normalized spacial score (nSPS) is 17.8. The minimum absolute atomic E-state index is 0.636. The van der Waals surface area contributed by atoms with Crippen LogP contribution in [0.15, 0.2) is 36.5 Å². The largest absolute Gasteiger partial charge is 0.370 e. The van der Waals surface area contributed by atoms with Gasteiger partial charge in [-0.15, -0.1) is 0 Å². The molecule has 1 unspecified atom stereocenters. The van der Waals surface area contributed by atoms with Crippen LogP contribution in [0.4, 0.5) is 5.82 Å². The summed E-state index contributed by atoms with van der Waals surface area (Å²) in [5.41, 5.74) is 3.72. The Morgan fingerprint density at radius 2 is 2.24 bits per heavy atom. The van der Waals surface area contributed by atoms with Crippen molar-refractivity contribution in [3.8, 4) is 11.3 Å². The van der Waals surface area contributed by atoms with Gasteiger partial charge in [0.25, 0.3) is 0 Å². The van der Waals surface area contributed by atoms with E-state index in [0.29, 0.717) is 10.9 Å². The highest BCUT2D eigenvalue weighted by Crippen LogP contribution is 2.29. The van der Waals surface area contributed by atoms with Crippen LogP contribution >= 0.6 is 11.6 Å². The molecule has 0 saturated carbocycles. The molecular formula is C19H22ClN5. The van der Waals surface area contributed by atoms with E-state index in [1.165, 1.54) is 12.8 Å². The molecule has 2 aromatic heterocycles. The molecule has 0 amide bonds. The van der Waals surface area contributed by atoms with E-state index in [1.54, 1.807) is 0 Å². The minimum Gasteiger partial charge on any atom is -0.370 e. The average molecular weight is 356 g/mol. The van der Waals surface area contributed by atoms with Crippen molar-refractivity contribution in [1.29, 1.82) is 0 Å². The Kier molecular flexibility index (Phi) is 4.59. The van der Waals surface area contributed by atoms with Crippen molar-refractivity contribution in [2.45, 2.75) is 19.8 Å². The number of aromatic nitrogens is 3. The van der Waals surface area contributed by atoms with Crippen molar-refractivity contribution in [3.63, 3.8) is 0 Å². The van der Waals surface area contributed by atoms with Crippen LogP contribution in [0.3, 0.4) is 0 Å². The number of nitrogens with one attached hydrogen (secondary N) is 2. The first-order valence-electron chi connectivity index (χ1n) is 8.77. The number of anilines is 1. The van der Waals surface area contributed by atoms with Crippen molar-refractivity contribution in [2.75, 3.05) is 25.0 Å². The highest BCUT2D eigenvalue weighted by atomic mass is 35.5. The number of aryl methyl sites for hydroxylation is 1. The molecule has 0 bridgehead atoms. The lowest BCUT2D eigenvalue weighted by molar-refractivity contribution is 0.392. The van der Waals surface area contributed by atoms with E-state index in [0.717, 1.165) is 47.9 Å². The van der Waals surface area contributed by atoms with Gasteiger partial charge in [0.15, 0.2) is 5.65 Å². The number of halogens is 1. The Morgan fingerprint density at radius 3 is 3.04 bits per heavy atom. The third-order valence-electron chi connectivity index (χ3n) is 4.77. The summed E-state index contributed by atoms with van der Waals surface area (Å²) in [4.78, 5) is 4.78. The van der Waals surface area contributed by atoms with Crippen molar-refractivity contribution in [3.05, 3.63) is 47.1 Å². The van der Waals surface area contributed by atoms with Crippen LogP contribution in [0.5, 0.6) is 0 Å². The van der Waals surface area contributed by atoms with E-state index in [9.17, 15) is 0 Å².